The van der Waals surface area contributed by atoms with E-state index in [1.165, 1.54) is 19.2 Å². The molecule has 0 amide bonds. The van der Waals surface area contributed by atoms with E-state index in [1.807, 2.05) is 0 Å². The highest BCUT2D eigenvalue weighted by atomic mass is 32.2. The standard InChI is InChI=1S/C12H11NO4S2/c1-17-9-4-2-8(3-5-9)12(14)10-6-7-11(18-10)19(13,15)16/h2-7H,1H3,(H2,13,15,16). The first kappa shape index (κ1) is 13.7. The number of hydrogen-bond acceptors (Lipinski definition) is 5. The molecule has 1 heterocycles. The van der Waals surface area contributed by atoms with Gasteiger partial charge in [0.2, 0.25) is 15.8 Å². The highest BCUT2D eigenvalue weighted by molar-refractivity contribution is 7.91. The Bertz CT molecular complexity index is 702. The fourth-order valence-corrected chi connectivity index (χ4v) is 3.17. The lowest BCUT2D eigenvalue weighted by Gasteiger charge is -2.01. The van der Waals surface area contributed by atoms with Gasteiger partial charge in [-0.1, -0.05) is 0 Å². The molecule has 0 atom stereocenters. The van der Waals surface area contributed by atoms with E-state index in [9.17, 15) is 13.2 Å². The molecule has 0 radical (unpaired) electrons. The van der Waals surface area contributed by atoms with E-state index in [2.05, 4.69) is 0 Å². The highest BCUT2D eigenvalue weighted by Gasteiger charge is 2.16. The van der Waals surface area contributed by atoms with Gasteiger partial charge in [-0.25, -0.2) is 13.6 Å². The quantitative estimate of drug-likeness (QED) is 0.869. The molecule has 0 aliphatic heterocycles. The third-order valence-corrected chi connectivity index (χ3v) is 4.96. The number of nitrogens with two attached hydrogens (primary N) is 1. The fraction of sp³-hybridized carbons (Fsp3) is 0.0833. The lowest BCUT2D eigenvalue weighted by molar-refractivity contribution is 0.104. The summed E-state index contributed by atoms with van der Waals surface area (Å²) in [6.07, 6.45) is 0. The van der Waals surface area contributed by atoms with Gasteiger partial charge in [-0.3, -0.25) is 4.79 Å². The van der Waals surface area contributed by atoms with Gasteiger partial charge in [0.15, 0.2) is 0 Å². The molecule has 0 spiro atoms. The summed E-state index contributed by atoms with van der Waals surface area (Å²) >= 11 is 0.859. The first-order chi connectivity index (χ1) is 8.91. The monoisotopic (exact) mass is 297 g/mol. The smallest absolute Gasteiger partial charge is 0.247 e. The van der Waals surface area contributed by atoms with Gasteiger partial charge in [-0.15, -0.1) is 11.3 Å². The molecule has 2 rings (SSSR count). The lowest BCUT2D eigenvalue weighted by Crippen LogP contribution is -2.09. The third kappa shape index (κ3) is 3.01. The molecule has 7 heteroatoms. The Hall–Kier alpha value is -1.70. The molecule has 0 aliphatic rings. The minimum absolute atomic E-state index is 0.0237. The molecule has 0 fully saturated rings. The van der Waals surface area contributed by atoms with E-state index in [1.54, 1.807) is 24.3 Å². The van der Waals surface area contributed by atoms with E-state index >= 15 is 0 Å². The molecule has 0 saturated carbocycles. The molecule has 0 unspecified atom stereocenters. The lowest BCUT2D eigenvalue weighted by atomic mass is 10.1. The maximum atomic E-state index is 12.1. The fourth-order valence-electron chi connectivity index (χ4n) is 1.48. The van der Waals surface area contributed by atoms with Crippen molar-refractivity contribution in [3.05, 3.63) is 46.8 Å². The van der Waals surface area contributed by atoms with Gasteiger partial charge in [0.05, 0.1) is 12.0 Å². The summed E-state index contributed by atoms with van der Waals surface area (Å²) in [6, 6.07) is 9.37. The number of thiophene rings is 1. The molecule has 0 saturated heterocycles. The van der Waals surface area contributed by atoms with Crippen LogP contribution in [-0.4, -0.2) is 21.3 Å². The second-order valence-corrected chi connectivity index (χ2v) is 6.59. The summed E-state index contributed by atoms with van der Waals surface area (Å²) < 4.78 is 27.3. The first-order valence-corrected chi connectivity index (χ1v) is 7.59. The zero-order valence-corrected chi connectivity index (χ0v) is 11.6. The van der Waals surface area contributed by atoms with Crippen molar-refractivity contribution in [2.24, 2.45) is 5.14 Å². The first-order valence-electron chi connectivity index (χ1n) is 5.23. The number of primary sulfonamides is 1. The van der Waals surface area contributed by atoms with Gasteiger partial charge in [0.1, 0.15) is 9.96 Å². The molecule has 100 valence electrons. The predicted octanol–water partition coefficient (Wildman–Crippen LogP) is 1.64. The number of carbonyl (C=O) groups is 1. The van der Waals surface area contributed by atoms with Crippen molar-refractivity contribution < 1.29 is 17.9 Å². The number of sulfonamides is 1. The summed E-state index contributed by atoms with van der Waals surface area (Å²) in [5.41, 5.74) is 0.462. The maximum Gasteiger partial charge on any atom is 0.247 e. The van der Waals surface area contributed by atoms with Crippen LogP contribution in [0.15, 0.2) is 40.6 Å². The van der Waals surface area contributed by atoms with E-state index in [0.29, 0.717) is 16.2 Å². The summed E-state index contributed by atoms with van der Waals surface area (Å²) in [5, 5.41) is 5.00. The molecule has 1 aromatic carbocycles. The topological polar surface area (TPSA) is 86.5 Å². The number of carbonyl (C=O) groups excluding carboxylic acids is 1. The Labute approximate surface area is 114 Å². The minimum Gasteiger partial charge on any atom is -0.497 e. The van der Waals surface area contributed by atoms with Gasteiger partial charge in [-0.05, 0) is 36.4 Å². The Morgan fingerprint density at radius 3 is 2.26 bits per heavy atom. The zero-order chi connectivity index (χ0) is 14.0. The molecular weight excluding hydrogens is 286 g/mol. The summed E-state index contributed by atoms with van der Waals surface area (Å²) in [5.74, 6) is 0.399. The minimum atomic E-state index is -3.76. The summed E-state index contributed by atoms with van der Waals surface area (Å²) in [6.45, 7) is 0. The molecule has 2 aromatic rings. The van der Waals surface area contributed by atoms with E-state index in [4.69, 9.17) is 9.88 Å². The van der Waals surface area contributed by atoms with Crippen LogP contribution >= 0.6 is 11.3 Å². The number of rotatable bonds is 4. The van der Waals surface area contributed by atoms with Gasteiger partial charge in [0, 0.05) is 5.56 Å². The van der Waals surface area contributed by atoms with Crippen molar-refractivity contribution in [1.29, 1.82) is 0 Å². The molecule has 19 heavy (non-hydrogen) atoms. The van der Waals surface area contributed by atoms with Crippen molar-refractivity contribution in [2.45, 2.75) is 4.21 Å². The maximum absolute atomic E-state index is 12.1. The van der Waals surface area contributed by atoms with Gasteiger partial charge in [0.25, 0.3) is 0 Å². The van der Waals surface area contributed by atoms with Crippen molar-refractivity contribution in [3.8, 4) is 5.75 Å². The van der Waals surface area contributed by atoms with Crippen molar-refractivity contribution >= 4 is 27.1 Å². The number of hydrogen-bond donors (Lipinski definition) is 1. The Morgan fingerprint density at radius 2 is 1.79 bits per heavy atom. The van der Waals surface area contributed by atoms with Crippen LogP contribution in [0.5, 0.6) is 5.75 Å². The molecule has 0 bridgehead atoms. The molecule has 2 N–H and O–H groups in total. The molecule has 1 aromatic heterocycles. The normalized spacial score (nSPS) is 11.3. The van der Waals surface area contributed by atoms with Crippen molar-refractivity contribution in [3.63, 3.8) is 0 Å². The van der Waals surface area contributed by atoms with Crippen LogP contribution in [0, 0.1) is 0 Å². The van der Waals surface area contributed by atoms with Crippen LogP contribution < -0.4 is 9.88 Å². The van der Waals surface area contributed by atoms with Crippen LogP contribution in [-0.2, 0) is 10.0 Å². The van der Waals surface area contributed by atoms with Crippen molar-refractivity contribution in [2.75, 3.05) is 7.11 Å². The Kier molecular flexibility index (Phi) is 3.70. The van der Waals surface area contributed by atoms with Crippen molar-refractivity contribution in [1.82, 2.24) is 0 Å². The van der Waals surface area contributed by atoms with Crippen LogP contribution in [0.25, 0.3) is 0 Å². The van der Waals surface area contributed by atoms with Gasteiger partial charge >= 0.3 is 0 Å². The average Bonchev–Trinajstić information content (AvgIpc) is 2.87. The van der Waals surface area contributed by atoms with Crippen LogP contribution in [0.2, 0.25) is 0 Å². The summed E-state index contributed by atoms with van der Waals surface area (Å²) in [7, 11) is -2.23. The SMILES string of the molecule is COc1ccc(C(=O)c2ccc(S(N)(=O)=O)s2)cc1. The molecular formula is C12H11NO4S2. The van der Waals surface area contributed by atoms with E-state index in [0.717, 1.165) is 11.3 Å². The van der Waals surface area contributed by atoms with Crippen LogP contribution in [0.3, 0.4) is 0 Å². The average molecular weight is 297 g/mol. The third-order valence-electron chi connectivity index (χ3n) is 2.44. The zero-order valence-electron chi connectivity index (χ0n) is 9.99. The largest absolute Gasteiger partial charge is 0.497 e. The molecule has 5 nitrogen and oxygen atoms in total. The van der Waals surface area contributed by atoms with Gasteiger partial charge < -0.3 is 4.74 Å². The Morgan fingerprint density at radius 1 is 1.16 bits per heavy atom. The number of benzene rings is 1. The van der Waals surface area contributed by atoms with Crippen LogP contribution in [0.1, 0.15) is 15.2 Å². The van der Waals surface area contributed by atoms with Crippen LogP contribution in [0.4, 0.5) is 0 Å². The molecule has 0 aliphatic carbocycles. The number of ether oxygens (including phenoxy) is 1. The van der Waals surface area contributed by atoms with E-state index in [-0.39, 0.29) is 9.99 Å². The number of methoxy groups -OCH3 is 1. The predicted molar refractivity (Wildman–Crippen MR) is 72.1 cm³/mol. The van der Waals surface area contributed by atoms with Gasteiger partial charge in [-0.2, -0.15) is 0 Å². The highest BCUT2D eigenvalue weighted by Crippen LogP contribution is 2.23. The summed E-state index contributed by atoms with van der Waals surface area (Å²) in [4.78, 5) is 12.4. The Balaban J connectivity index is 2.31. The second-order valence-electron chi connectivity index (χ2n) is 3.72. The van der Waals surface area contributed by atoms with E-state index < -0.39 is 10.0 Å². The second kappa shape index (κ2) is 5.12. The number of ketones is 1.